The van der Waals surface area contributed by atoms with E-state index in [0.29, 0.717) is 6.42 Å². The summed E-state index contributed by atoms with van der Waals surface area (Å²) in [6.07, 6.45) is 2.70. The molecule has 0 aliphatic heterocycles. The van der Waals surface area contributed by atoms with Gasteiger partial charge in [0.05, 0.1) is 24.5 Å². The summed E-state index contributed by atoms with van der Waals surface area (Å²) in [7, 11) is 3.71. The molecule has 1 unspecified atom stereocenters. The van der Waals surface area contributed by atoms with Gasteiger partial charge in [-0.1, -0.05) is 13.3 Å². The Morgan fingerprint density at radius 3 is 2.75 bits per heavy atom. The predicted molar refractivity (Wildman–Crippen MR) is 63.7 cm³/mol. The van der Waals surface area contributed by atoms with Crippen molar-refractivity contribution < 1.29 is 5.11 Å². The topological polar surface area (TPSA) is 58.4 Å². The van der Waals surface area contributed by atoms with Crippen molar-refractivity contribution in [2.24, 2.45) is 0 Å². The Balaban J connectivity index is 2.79. The van der Waals surface area contributed by atoms with Gasteiger partial charge in [-0.2, -0.15) is 5.10 Å². The van der Waals surface area contributed by atoms with E-state index in [1.54, 1.807) is 6.20 Å². The molecule has 1 heterocycles. The van der Waals surface area contributed by atoms with Crippen LogP contribution in [0.25, 0.3) is 0 Å². The molecule has 1 aromatic rings. The van der Waals surface area contributed by atoms with Crippen LogP contribution < -0.4 is 10.5 Å². The molecule has 0 radical (unpaired) electrons. The van der Waals surface area contributed by atoms with E-state index >= 15 is 0 Å². The molecule has 0 spiro atoms. The molecule has 0 aliphatic carbocycles. The third kappa shape index (κ3) is 3.34. The van der Waals surface area contributed by atoms with Gasteiger partial charge in [0.2, 0.25) is 0 Å². The molecule has 5 heteroatoms. The van der Waals surface area contributed by atoms with Crippen molar-refractivity contribution >= 4 is 5.69 Å². The number of aromatic nitrogens is 2. The molecule has 0 saturated heterocycles. The van der Waals surface area contributed by atoms with Crippen LogP contribution in [-0.2, 0) is 6.54 Å². The Morgan fingerprint density at radius 2 is 2.25 bits per heavy atom. The van der Waals surface area contributed by atoms with Gasteiger partial charge < -0.3 is 10.0 Å². The number of rotatable bonds is 5. The second-order valence-corrected chi connectivity index (χ2v) is 4.07. The lowest BCUT2D eigenvalue weighted by atomic mass is 10.2. The summed E-state index contributed by atoms with van der Waals surface area (Å²) in [5.74, 6) is 0. The van der Waals surface area contributed by atoms with E-state index in [-0.39, 0.29) is 12.1 Å². The molecule has 16 heavy (non-hydrogen) atoms. The first-order valence-electron chi connectivity index (χ1n) is 5.47. The molecule has 1 N–H and O–H groups in total. The summed E-state index contributed by atoms with van der Waals surface area (Å²) in [6, 6.07) is 1.52. The molecule has 0 amide bonds. The van der Waals surface area contributed by atoms with Crippen LogP contribution in [-0.4, -0.2) is 35.1 Å². The molecule has 0 fully saturated rings. The fourth-order valence-corrected chi connectivity index (χ4v) is 1.43. The first kappa shape index (κ1) is 12.7. The average Bonchev–Trinajstić information content (AvgIpc) is 2.21. The zero-order valence-corrected chi connectivity index (χ0v) is 10.1. The number of hydrogen-bond donors (Lipinski definition) is 1. The highest BCUT2D eigenvalue weighted by atomic mass is 16.3. The molecule has 0 bridgehead atoms. The van der Waals surface area contributed by atoms with Crippen LogP contribution in [0.5, 0.6) is 0 Å². The smallest absolute Gasteiger partial charge is 0.268 e. The van der Waals surface area contributed by atoms with Gasteiger partial charge in [0.15, 0.2) is 0 Å². The van der Waals surface area contributed by atoms with Crippen LogP contribution in [0.2, 0.25) is 0 Å². The highest BCUT2D eigenvalue weighted by molar-refractivity contribution is 5.40. The number of anilines is 1. The molecule has 0 saturated carbocycles. The van der Waals surface area contributed by atoms with E-state index in [1.807, 2.05) is 25.9 Å². The number of aliphatic hydroxyl groups excluding tert-OH is 1. The second-order valence-electron chi connectivity index (χ2n) is 4.07. The lowest BCUT2D eigenvalue weighted by molar-refractivity contribution is 0.137. The molecule has 0 aromatic carbocycles. The number of nitrogens with zero attached hydrogens (tertiary/aromatic N) is 3. The fourth-order valence-electron chi connectivity index (χ4n) is 1.43. The summed E-state index contributed by atoms with van der Waals surface area (Å²) in [6.45, 7) is 2.26. The minimum atomic E-state index is -0.500. The lowest BCUT2D eigenvalue weighted by Crippen LogP contribution is -2.29. The largest absolute Gasteiger partial charge is 0.391 e. The van der Waals surface area contributed by atoms with E-state index in [2.05, 4.69) is 5.10 Å². The van der Waals surface area contributed by atoms with Gasteiger partial charge in [0.25, 0.3) is 5.56 Å². The van der Waals surface area contributed by atoms with Crippen molar-refractivity contribution in [1.82, 2.24) is 9.78 Å². The van der Waals surface area contributed by atoms with E-state index in [9.17, 15) is 9.90 Å². The zero-order chi connectivity index (χ0) is 12.1. The first-order chi connectivity index (χ1) is 7.54. The molecule has 1 rings (SSSR count). The molecule has 5 nitrogen and oxygen atoms in total. The zero-order valence-electron chi connectivity index (χ0n) is 10.1. The van der Waals surface area contributed by atoms with Crippen LogP contribution in [0.4, 0.5) is 5.69 Å². The van der Waals surface area contributed by atoms with Crippen molar-refractivity contribution in [2.45, 2.75) is 32.4 Å². The molecule has 1 aromatic heterocycles. The maximum atomic E-state index is 11.6. The third-order valence-corrected chi connectivity index (χ3v) is 2.38. The van der Waals surface area contributed by atoms with Gasteiger partial charge in [-0.15, -0.1) is 0 Å². The minimum Gasteiger partial charge on any atom is -0.391 e. The van der Waals surface area contributed by atoms with Crippen LogP contribution >= 0.6 is 0 Å². The highest BCUT2D eigenvalue weighted by Crippen LogP contribution is 2.04. The van der Waals surface area contributed by atoms with Gasteiger partial charge in [0, 0.05) is 20.2 Å². The quantitative estimate of drug-likeness (QED) is 0.791. The predicted octanol–water partition coefficient (Wildman–Crippen LogP) is 0.470. The summed E-state index contributed by atoms with van der Waals surface area (Å²) >= 11 is 0. The van der Waals surface area contributed by atoms with Crippen LogP contribution in [0.1, 0.15) is 19.8 Å². The standard InChI is InChI=1S/C11H19N3O2/c1-4-5-10(15)8-14-11(16)6-9(7-12-14)13(2)3/h6-7,10,15H,4-5,8H2,1-3H3. The second kappa shape index (κ2) is 5.65. The van der Waals surface area contributed by atoms with Crippen molar-refractivity contribution in [2.75, 3.05) is 19.0 Å². The van der Waals surface area contributed by atoms with Crippen molar-refractivity contribution in [1.29, 1.82) is 0 Å². The Labute approximate surface area is 95.3 Å². The molecular weight excluding hydrogens is 206 g/mol. The Kier molecular flexibility index (Phi) is 4.49. The summed E-state index contributed by atoms with van der Waals surface area (Å²) in [4.78, 5) is 13.5. The monoisotopic (exact) mass is 225 g/mol. The maximum absolute atomic E-state index is 11.6. The van der Waals surface area contributed by atoms with Crippen molar-refractivity contribution in [3.63, 3.8) is 0 Å². The fraction of sp³-hybridized carbons (Fsp3) is 0.636. The van der Waals surface area contributed by atoms with Gasteiger partial charge in [-0.3, -0.25) is 4.79 Å². The number of hydrogen-bond acceptors (Lipinski definition) is 4. The lowest BCUT2D eigenvalue weighted by Gasteiger charge is -2.14. The van der Waals surface area contributed by atoms with Gasteiger partial charge in [0.1, 0.15) is 0 Å². The normalized spacial score (nSPS) is 12.5. The minimum absolute atomic E-state index is 0.179. The summed E-state index contributed by atoms with van der Waals surface area (Å²) in [5.41, 5.74) is 0.590. The SMILES string of the molecule is CCCC(O)Cn1ncc(N(C)C)cc1=O. The maximum Gasteiger partial charge on any atom is 0.268 e. The van der Waals surface area contributed by atoms with E-state index < -0.39 is 6.10 Å². The average molecular weight is 225 g/mol. The Hall–Kier alpha value is -1.36. The highest BCUT2D eigenvalue weighted by Gasteiger charge is 2.07. The number of aliphatic hydroxyl groups is 1. The van der Waals surface area contributed by atoms with Gasteiger partial charge >= 0.3 is 0 Å². The third-order valence-electron chi connectivity index (χ3n) is 2.38. The first-order valence-corrected chi connectivity index (χ1v) is 5.47. The van der Waals surface area contributed by atoms with E-state index in [1.165, 1.54) is 10.7 Å². The summed E-state index contributed by atoms with van der Waals surface area (Å²) < 4.78 is 1.30. The van der Waals surface area contributed by atoms with Crippen molar-refractivity contribution in [3.8, 4) is 0 Å². The van der Waals surface area contributed by atoms with Crippen LogP contribution in [0, 0.1) is 0 Å². The van der Waals surface area contributed by atoms with Crippen molar-refractivity contribution in [3.05, 3.63) is 22.6 Å². The molecule has 1 atom stereocenters. The molecule has 90 valence electrons. The Bertz CT molecular complexity index is 387. The molecule has 0 aliphatic rings. The Morgan fingerprint density at radius 1 is 1.56 bits per heavy atom. The van der Waals surface area contributed by atoms with Gasteiger partial charge in [-0.05, 0) is 6.42 Å². The van der Waals surface area contributed by atoms with E-state index in [0.717, 1.165) is 12.1 Å². The van der Waals surface area contributed by atoms with Crippen LogP contribution in [0.15, 0.2) is 17.1 Å². The molecular formula is C11H19N3O2. The van der Waals surface area contributed by atoms with Crippen LogP contribution in [0.3, 0.4) is 0 Å². The van der Waals surface area contributed by atoms with E-state index in [4.69, 9.17) is 0 Å². The summed E-state index contributed by atoms with van der Waals surface area (Å²) in [5, 5.41) is 13.6. The van der Waals surface area contributed by atoms with Gasteiger partial charge in [-0.25, -0.2) is 4.68 Å².